The smallest absolute Gasteiger partial charge is 0.307 e. The number of aliphatic carboxylic acids is 1. The Balaban J connectivity index is 1.68. The van der Waals surface area contributed by atoms with E-state index in [0.717, 1.165) is 45.1 Å². The van der Waals surface area contributed by atoms with E-state index in [0.29, 0.717) is 0 Å². The molecular weight excluding hydrogens is 270 g/mol. The van der Waals surface area contributed by atoms with Crippen molar-refractivity contribution in [2.24, 2.45) is 23.7 Å². The van der Waals surface area contributed by atoms with Crippen molar-refractivity contribution in [3.8, 4) is 0 Å². The quantitative estimate of drug-likeness (QED) is 0.829. The van der Waals surface area contributed by atoms with E-state index in [1.54, 1.807) is 0 Å². The molecule has 21 heavy (non-hydrogen) atoms. The fraction of sp³-hybridized carbons (Fsp3) is 0.875. The van der Waals surface area contributed by atoms with Crippen LogP contribution in [0.5, 0.6) is 0 Å². The Labute approximate surface area is 125 Å². The zero-order valence-corrected chi connectivity index (χ0v) is 12.6. The van der Waals surface area contributed by atoms with Crippen LogP contribution in [0.1, 0.15) is 45.4 Å². The standard InChI is InChI=1S/C16H25NO4/c1-9(12-3-2-8-21-12)17-15(18)13-10-4-6-11(7-5-10)14(13)16(19)20/h9-14H,2-8H2,1H3,(H,17,18)(H,19,20)/t9-,10?,11?,12-,13+,14-/m0/s1. The molecule has 4 rings (SSSR count). The Morgan fingerprint density at radius 2 is 1.71 bits per heavy atom. The molecule has 5 heteroatoms. The summed E-state index contributed by atoms with van der Waals surface area (Å²) in [6.07, 6.45) is 6.02. The topological polar surface area (TPSA) is 75.6 Å². The van der Waals surface area contributed by atoms with Gasteiger partial charge in [-0.2, -0.15) is 0 Å². The number of carboxylic acids is 1. The summed E-state index contributed by atoms with van der Waals surface area (Å²) in [7, 11) is 0. The maximum absolute atomic E-state index is 12.6. The first-order chi connectivity index (χ1) is 10.1. The Kier molecular flexibility index (Phi) is 4.20. The minimum atomic E-state index is -0.797. The summed E-state index contributed by atoms with van der Waals surface area (Å²) in [6.45, 7) is 2.72. The van der Waals surface area contributed by atoms with Crippen molar-refractivity contribution in [1.29, 1.82) is 0 Å². The maximum atomic E-state index is 12.6. The van der Waals surface area contributed by atoms with E-state index < -0.39 is 11.9 Å². The van der Waals surface area contributed by atoms with Crippen molar-refractivity contribution in [2.45, 2.75) is 57.6 Å². The second kappa shape index (κ2) is 5.95. The van der Waals surface area contributed by atoms with Crippen molar-refractivity contribution < 1.29 is 19.4 Å². The molecule has 3 saturated carbocycles. The van der Waals surface area contributed by atoms with Gasteiger partial charge in [0.1, 0.15) is 0 Å². The van der Waals surface area contributed by atoms with Crippen LogP contribution in [-0.4, -0.2) is 35.7 Å². The minimum absolute atomic E-state index is 0.0325. The lowest BCUT2D eigenvalue weighted by Gasteiger charge is -2.46. The third-order valence-electron chi connectivity index (χ3n) is 5.70. The van der Waals surface area contributed by atoms with Crippen LogP contribution in [0.4, 0.5) is 0 Å². The molecule has 3 aliphatic carbocycles. The van der Waals surface area contributed by atoms with Crippen molar-refractivity contribution in [2.75, 3.05) is 6.61 Å². The highest BCUT2D eigenvalue weighted by Gasteiger charge is 2.50. The molecule has 0 radical (unpaired) electrons. The normalized spacial score (nSPS) is 40.0. The number of carbonyl (C=O) groups is 2. The summed E-state index contributed by atoms with van der Waals surface area (Å²) in [5.41, 5.74) is 0. The Morgan fingerprint density at radius 3 is 2.24 bits per heavy atom. The zero-order chi connectivity index (χ0) is 15.0. The molecule has 1 amide bonds. The van der Waals surface area contributed by atoms with Gasteiger partial charge in [0.15, 0.2) is 0 Å². The third kappa shape index (κ3) is 2.80. The van der Waals surface area contributed by atoms with E-state index >= 15 is 0 Å². The van der Waals surface area contributed by atoms with E-state index in [9.17, 15) is 14.7 Å². The third-order valence-corrected chi connectivity index (χ3v) is 5.70. The van der Waals surface area contributed by atoms with Crippen molar-refractivity contribution >= 4 is 11.9 Å². The molecule has 0 aromatic heterocycles. The summed E-state index contributed by atoms with van der Waals surface area (Å²) in [4.78, 5) is 24.2. The van der Waals surface area contributed by atoms with Gasteiger partial charge in [-0.05, 0) is 57.3 Å². The van der Waals surface area contributed by atoms with Gasteiger partial charge in [0.05, 0.1) is 24.0 Å². The van der Waals surface area contributed by atoms with Crippen LogP contribution in [-0.2, 0) is 14.3 Å². The average molecular weight is 295 g/mol. The van der Waals surface area contributed by atoms with Crippen LogP contribution in [0, 0.1) is 23.7 Å². The Morgan fingerprint density at radius 1 is 1.10 bits per heavy atom. The largest absolute Gasteiger partial charge is 0.481 e. The fourth-order valence-electron chi connectivity index (χ4n) is 4.59. The van der Waals surface area contributed by atoms with Gasteiger partial charge in [-0.15, -0.1) is 0 Å². The number of hydrogen-bond acceptors (Lipinski definition) is 3. The van der Waals surface area contributed by atoms with Gasteiger partial charge in [-0.1, -0.05) is 0 Å². The van der Waals surface area contributed by atoms with Crippen LogP contribution < -0.4 is 5.32 Å². The van der Waals surface area contributed by atoms with Gasteiger partial charge in [0.2, 0.25) is 5.91 Å². The van der Waals surface area contributed by atoms with Crippen molar-refractivity contribution in [1.82, 2.24) is 5.32 Å². The van der Waals surface area contributed by atoms with E-state index in [1.807, 2.05) is 6.92 Å². The van der Waals surface area contributed by atoms with Gasteiger partial charge >= 0.3 is 5.97 Å². The number of nitrogens with one attached hydrogen (secondary N) is 1. The highest BCUT2D eigenvalue weighted by Crippen LogP contribution is 2.49. The molecule has 1 aliphatic heterocycles. The second-order valence-corrected chi connectivity index (χ2v) is 6.91. The van der Waals surface area contributed by atoms with Crippen LogP contribution in [0.3, 0.4) is 0 Å². The van der Waals surface area contributed by atoms with Gasteiger partial charge in [0.25, 0.3) is 0 Å². The molecule has 1 saturated heterocycles. The van der Waals surface area contributed by atoms with Gasteiger partial charge in [-0.3, -0.25) is 9.59 Å². The SMILES string of the molecule is C[C@H](NC(=O)[C@@H]1C2CCC(CC2)[C@@H]1C(=O)O)[C@@H]1CCCO1. The number of carbonyl (C=O) groups excluding carboxylic acids is 1. The van der Waals surface area contributed by atoms with Gasteiger partial charge in [-0.25, -0.2) is 0 Å². The number of fused-ring (bicyclic) bond motifs is 3. The highest BCUT2D eigenvalue weighted by molar-refractivity contribution is 5.85. The summed E-state index contributed by atoms with van der Waals surface area (Å²) >= 11 is 0. The minimum Gasteiger partial charge on any atom is -0.481 e. The first-order valence-corrected chi connectivity index (χ1v) is 8.22. The predicted molar refractivity (Wildman–Crippen MR) is 76.6 cm³/mol. The molecule has 0 aromatic rings. The Bertz CT molecular complexity index is 411. The van der Waals surface area contributed by atoms with E-state index in [1.165, 1.54) is 0 Å². The molecule has 2 bridgehead atoms. The molecule has 118 valence electrons. The monoisotopic (exact) mass is 295 g/mol. The molecule has 0 spiro atoms. The Hall–Kier alpha value is -1.10. The summed E-state index contributed by atoms with van der Waals surface area (Å²) < 4.78 is 5.61. The number of amides is 1. The lowest BCUT2D eigenvalue weighted by Crippen LogP contribution is -2.53. The summed E-state index contributed by atoms with van der Waals surface area (Å²) in [6, 6.07) is -0.0325. The molecule has 4 aliphatic rings. The van der Waals surface area contributed by atoms with Crippen molar-refractivity contribution in [3.63, 3.8) is 0 Å². The second-order valence-electron chi connectivity index (χ2n) is 6.91. The first-order valence-electron chi connectivity index (χ1n) is 8.22. The summed E-state index contributed by atoms with van der Waals surface area (Å²) in [5.74, 6) is -1.28. The van der Waals surface area contributed by atoms with Crippen LogP contribution >= 0.6 is 0 Å². The molecule has 2 N–H and O–H groups in total. The van der Waals surface area contributed by atoms with E-state index in [2.05, 4.69) is 5.32 Å². The van der Waals surface area contributed by atoms with Gasteiger partial charge < -0.3 is 15.2 Å². The van der Waals surface area contributed by atoms with Crippen LogP contribution in [0.15, 0.2) is 0 Å². The molecule has 4 atom stereocenters. The van der Waals surface area contributed by atoms with E-state index in [4.69, 9.17) is 4.74 Å². The molecule has 0 aromatic carbocycles. The highest BCUT2D eigenvalue weighted by atomic mass is 16.5. The van der Waals surface area contributed by atoms with E-state index in [-0.39, 0.29) is 35.8 Å². The van der Waals surface area contributed by atoms with Crippen molar-refractivity contribution in [3.05, 3.63) is 0 Å². The zero-order valence-electron chi connectivity index (χ0n) is 12.6. The molecule has 0 unspecified atom stereocenters. The number of carboxylic acid groups (broad SMARTS) is 1. The lowest BCUT2D eigenvalue weighted by molar-refractivity contribution is -0.158. The number of rotatable bonds is 4. The average Bonchev–Trinajstić information content (AvgIpc) is 3.01. The maximum Gasteiger partial charge on any atom is 0.307 e. The number of ether oxygens (including phenoxy) is 1. The molecule has 1 heterocycles. The van der Waals surface area contributed by atoms with Crippen LogP contribution in [0.2, 0.25) is 0 Å². The fourth-order valence-corrected chi connectivity index (χ4v) is 4.59. The molecule has 5 nitrogen and oxygen atoms in total. The summed E-state index contributed by atoms with van der Waals surface area (Å²) in [5, 5.41) is 12.6. The molecule has 4 fully saturated rings. The van der Waals surface area contributed by atoms with Gasteiger partial charge in [0, 0.05) is 6.61 Å². The lowest BCUT2D eigenvalue weighted by atomic mass is 9.58. The first kappa shape index (κ1) is 14.8. The predicted octanol–water partition coefficient (Wildman–Crippen LogP) is 1.81. The van der Waals surface area contributed by atoms with Crippen LogP contribution in [0.25, 0.3) is 0 Å². The molecular formula is C16H25NO4. The number of hydrogen-bond donors (Lipinski definition) is 2.